The number of nitrogens with two attached hydrogens (primary N) is 1. The van der Waals surface area contributed by atoms with E-state index in [1.165, 1.54) is 13.8 Å². The number of nitrogens with one attached hydrogen (secondary N) is 1. The number of rotatable bonds is 8. The molecule has 7 nitrogen and oxygen atoms in total. The molecular formula is C13H26N2O5S. The van der Waals surface area contributed by atoms with E-state index in [0.717, 1.165) is 0 Å². The molecule has 8 heteroatoms. The largest absolute Gasteiger partial charge is 0.369 e. The SMILES string of the molecule is CCC(C)(CC(C)C(=O)NC(C)(C)CS(=O)(=O)O)C(N)=O. The molecule has 2 amide bonds. The molecule has 0 rings (SSSR count). The summed E-state index contributed by atoms with van der Waals surface area (Å²) in [5.74, 6) is -1.95. The molecule has 124 valence electrons. The summed E-state index contributed by atoms with van der Waals surface area (Å²) in [6.07, 6.45) is 0.779. The first-order valence-corrected chi connectivity index (χ1v) is 8.40. The zero-order valence-electron chi connectivity index (χ0n) is 13.3. The molecular weight excluding hydrogens is 296 g/mol. The van der Waals surface area contributed by atoms with Crippen LogP contribution in [0.3, 0.4) is 0 Å². The molecule has 2 atom stereocenters. The summed E-state index contributed by atoms with van der Waals surface area (Å²) in [4.78, 5) is 23.6. The fraction of sp³-hybridized carbons (Fsp3) is 0.846. The van der Waals surface area contributed by atoms with Gasteiger partial charge in [-0.2, -0.15) is 8.42 Å². The molecule has 0 aromatic rings. The molecule has 2 unspecified atom stereocenters. The van der Waals surface area contributed by atoms with Crippen molar-refractivity contribution >= 4 is 21.9 Å². The fourth-order valence-corrected chi connectivity index (χ4v) is 3.12. The second-order valence-electron chi connectivity index (χ2n) is 6.48. The Hall–Kier alpha value is -1.15. The minimum atomic E-state index is -4.20. The Morgan fingerprint density at radius 3 is 2.10 bits per heavy atom. The minimum Gasteiger partial charge on any atom is -0.369 e. The van der Waals surface area contributed by atoms with Crippen molar-refractivity contribution in [3.05, 3.63) is 0 Å². The monoisotopic (exact) mass is 322 g/mol. The number of amides is 2. The molecule has 0 heterocycles. The molecule has 0 radical (unpaired) electrons. The van der Waals surface area contributed by atoms with Crippen LogP contribution in [0.15, 0.2) is 0 Å². The van der Waals surface area contributed by atoms with Crippen molar-refractivity contribution in [3.63, 3.8) is 0 Å². The van der Waals surface area contributed by atoms with Gasteiger partial charge in [0, 0.05) is 11.3 Å². The van der Waals surface area contributed by atoms with Crippen molar-refractivity contribution < 1.29 is 22.6 Å². The second-order valence-corrected chi connectivity index (χ2v) is 7.94. The summed E-state index contributed by atoms with van der Waals surface area (Å²) in [6, 6.07) is 0. The summed E-state index contributed by atoms with van der Waals surface area (Å²) >= 11 is 0. The predicted octanol–water partition coefficient (Wildman–Crippen LogP) is 0.697. The quantitative estimate of drug-likeness (QED) is 0.567. The van der Waals surface area contributed by atoms with Crippen LogP contribution >= 0.6 is 0 Å². The van der Waals surface area contributed by atoms with E-state index in [9.17, 15) is 18.0 Å². The Bertz CT molecular complexity index is 501. The molecule has 0 fully saturated rings. The second kappa shape index (κ2) is 6.74. The van der Waals surface area contributed by atoms with Gasteiger partial charge in [-0.15, -0.1) is 0 Å². The van der Waals surface area contributed by atoms with Gasteiger partial charge in [0.25, 0.3) is 10.1 Å². The van der Waals surface area contributed by atoms with E-state index in [1.807, 2.05) is 6.92 Å². The fourth-order valence-electron chi connectivity index (χ4n) is 2.14. The molecule has 0 aromatic carbocycles. The lowest BCUT2D eigenvalue weighted by atomic mass is 9.78. The third-order valence-corrected chi connectivity index (χ3v) is 4.67. The van der Waals surface area contributed by atoms with Crippen LogP contribution in [0.5, 0.6) is 0 Å². The number of carbonyl (C=O) groups is 2. The summed E-state index contributed by atoms with van der Waals surface area (Å²) in [5, 5.41) is 2.57. The van der Waals surface area contributed by atoms with Gasteiger partial charge in [0.1, 0.15) is 0 Å². The van der Waals surface area contributed by atoms with Crippen molar-refractivity contribution in [1.29, 1.82) is 0 Å². The summed E-state index contributed by atoms with van der Waals surface area (Å²) in [6.45, 7) is 8.16. The molecule has 0 aliphatic carbocycles. The van der Waals surface area contributed by atoms with E-state index >= 15 is 0 Å². The minimum absolute atomic E-state index is 0.270. The predicted molar refractivity (Wildman–Crippen MR) is 80.0 cm³/mol. The van der Waals surface area contributed by atoms with Crippen LogP contribution in [-0.4, -0.2) is 36.1 Å². The third-order valence-electron chi connectivity index (χ3n) is 3.58. The Labute approximate surface area is 126 Å². The van der Waals surface area contributed by atoms with Crippen molar-refractivity contribution in [2.24, 2.45) is 17.1 Å². The molecule has 0 bridgehead atoms. The molecule has 4 N–H and O–H groups in total. The smallest absolute Gasteiger partial charge is 0.267 e. The van der Waals surface area contributed by atoms with E-state index in [2.05, 4.69) is 5.32 Å². The highest BCUT2D eigenvalue weighted by atomic mass is 32.2. The lowest BCUT2D eigenvalue weighted by Crippen LogP contribution is -2.50. The van der Waals surface area contributed by atoms with Crippen molar-refractivity contribution in [3.8, 4) is 0 Å². The van der Waals surface area contributed by atoms with Gasteiger partial charge in [-0.05, 0) is 26.7 Å². The van der Waals surface area contributed by atoms with Gasteiger partial charge in [0.05, 0.1) is 11.3 Å². The maximum absolute atomic E-state index is 12.1. The zero-order chi connectivity index (χ0) is 17.1. The maximum atomic E-state index is 12.1. The van der Waals surface area contributed by atoms with Gasteiger partial charge in [-0.1, -0.05) is 20.8 Å². The highest BCUT2D eigenvalue weighted by molar-refractivity contribution is 7.85. The van der Waals surface area contributed by atoms with Crippen LogP contribution in [0.1, 0.15) is 47.5 Å². The van der Waals surface area contributed by atoms with Crippen molar-refractivity contribution in [2.75, 3.05) is 5.75 Å². The average molecular weight is 322 g/mol. The number of carbonyl (C=O) groups excluding carboxylic acids is 2. The topological polar surface area (TPSA) is 127 Å². The van der Waals surface area contributed by atoms with Crippen molar-refractivity contribution in [2.45, 2.75) is 53.0 Å². The Kier molecular flexibility index (Phi) is 6.37. The molecule has 21 heavy (non-hydrogen) atoms. The standard InChI is InChI=1S/C13H26N2O5S/c1-6-13(5,11(14)17)7-9(2)10(16)15-12(3,4)8-21(18,19)20/h9H,6-8H2,1-5H3,(H2,14,17)(H,15,16)(H,18,19,20). The number of hydrogen-bond acceptors (Lipinski definition) is 4. The first-order chi connectivity index (χ1) is 9.22. The van der Waals surface area contributed by atoms with Crippen molar-refractivity contribution in [1.82, 2.24) is 5.32 Å². The van der Waals surface area contributed by atoms with Gasteiger partial charge in [0.15, 0.2) is 0 Å². The average Bonchev–Trinajstić information content (AvgIpc) is 2.24. The van der Waals surface area contributed by atoms with Crippen LogP contribution in [0, 0.1) is 11.3 Å². The van der Waals surface area contributed by atoms with E-state index in [4.69, 9.17) is 10.3 Å². The first-order valence-electron chi connectivity index (χ1n) is 6.79. The zero-order valence-corrected chi connectivity index (χ0v) is 14.1. The molecule has 0 aromatic heterocycles. The van der Waals surface area contributed by atoms with Gasteiger partial charge < -0.3 is 11.1 Å². The van der Waals surface area contributed by atoms with E-state index in [0.29, 0.717) is 6.42 Å². The summed E-state index contributed by atoms with van der Waals surface area (Å²) in [7, 11) is -4.20. The van der Waals surface area contributed by atoms with Gasteiger partial charge in [-0.3, -0.25) is 14.1 Å². The molecule has 0 saturated heterocycles. The third kappa shape index (κ3) is 6.90. The molecule has 0 saturated carbocycles. The van der Waals surface area contributed by atoms with E-state index in [1.54, 1.807) is 13.8 Å². The summed E-state index contributed by atoms with van der Waals surface area (Å²) in [5.41, 5.74) is 3.47. The van der Waals surface area contributed by atoms with Crippen LogP contribution in [0.4, 0.5) is 0 Å². The summed E-state index contributed by atoms with van der Waals surface area (Å²) < 4.78 is 30.7. The van der Waals surface area contributed by atoms with E-state index < -0.39 is 38.6 Å². The number of hydrogen-bond donors (Lipinski definition) is 3. The van der Waals surface area contributed by atoms with Crippen LogP contribution in [0.25, 0.3) is 0 Å². The van der Waals surface area contributed by atoms with Gasteiger partial charge in [0.2, 0.25) is 11.8 Å². The van der Waals surface area contributed by atoms with Crippen LogP contribution in [-0.2, 0) is 19.7 Å². The maximum Gasteiger partial charge on any atom is 0.267 e. The number of primary amides is 1. The molecule has 0 aliphatic heterocycles. The molecule has 0 aliphatic rings. The van der Waals surface area contributed by atoms with E-state index in [-0.39, 0.29) is 12.3 Å². The lowest BCUT2D eigenvalue weighted by Gasteiger charge is -2.30. The Morgan fingerprint density at radius 1 is 1.29 bits per heavy atom. The Morgan fingerprint density at radius 2 is 1.76 bits per heavy atom. The normalized spacial score (nSPS) is 16.9. The van der Waals surface area contributed by atoms with Crippen LogP contribution < -0.4 is 11.1 Å². The molecule has 0 spiro atoms. The van der Waals surface area contributed by atoms with Gasteiger partial charge >= 0.3 is 0 Å². The lowest BCUT2D eigenvalue weighted by molar-refractivity contribution is -0.131. The highest BCUT2D eigenvalue weighted by Gasteiger charge is 2.35. The first kappa shape index (κ1) is 19.9. The Balaban J connectivity index is 4.84. The van der Waals surface area contributed by atoms with Gasteiger partial charge in [-0.25, -0.2) is 0 Å². The van der Waals surface area contributed by atoms with Crippen LogP contribution in [0.2, 0.25) is 0 Å². The highest BCUT2D eigenvalue weighted by Crippen LogP contribution is 2.29.